The average Bonchev–Trinajstić information content (AvgIpc) is 2.39. The fraction of sp³-hybridized carbons (Fsp3) is 0.200. The lowest BCUT2D eigenvalue weighted by Crippen LogP contribution is -2.32. The number of fused-ring (bicyclic) bond motifs is 1. The van der Waals surface area contributed by atoms with Crippen LogP contribution in [0.4, 0.5) is 0 Å². The number of ether oxygens (including phenoxy) is 1. The monoisotopic (exact) mass is 270 g/mol. The molecule has 0 unspecified atom stereocenters. The normalized spacial score (nSPS) is 16.0. The molecule has 0 radical (unpaired) electrons. The number of hydrogen-bond donors (Lipinski definition) is 1. The van der Waals surface area contributed by atoms with Crippen molar-refractivity contribution in [3.8, 4) is 11.5 Å². The molecule has 1 aliphatic rings. The topological polar surface area (TPSA) is 64.4 Å². The maximum Gasteiger partial charge on any atom is 0.255 e. The van der Waals surface area contributed by atoms with Gasteiger partial charge in [-0.05, 0) is 32.1 Å². The molecule has 0 saturated carbocycles. The van der Waals surface area contributed by atoms with Gasteiger partial charge < -0.3 is 9.84 Å². The Hall–Kier alpha value is -2.56. The smallest absolute Gasteiger partial charge is 0.255 e. The summed E-state index contributed by atoms with van der Waals surface area (Å²) in [5.41, 5.74) is 0.612. The molecule has 1 N–H and O–H groups in total. The molecule has 0 atom stereocenters. The van der Waals surface area contributed by atoms with Crippen molar-refractivity contribution in [3.05, 3.63) is 58.8 Å². The van der Waals surface area contributed by atoms with Gasteiger partial charge in [-0.1, -0.05) is 0 Å². The van der Waals surface area contributed by atoms with Gasteiger partial charge >= 0.3 is 0 Å². The van der Waals surface area contributed by atoms with Gasteiger partial charge in [-0.3, -0.25) is 14.3 Å². The van der Waals surface area contributed by atoms with Crippen molar-refractivity contribution in [1.29, 1.82) is 0 Å². The van der Waals surface area contributed by atoms with E-state index in [1.54, 1.807) is 18.5 Å². The summed E-state index contributed by atoms with van der Waals surface area (Å²) in [7, 11) is 0. The molecule has 0 aromatic carbocycles. The summed E-state index contributed by atoms with van der Waals surface area (Å²) in [5.74, 6) is 0.693. The van der Waals surface area contributed by atoms with Crippen molar-refractivity contribution in [3.63, 3.8) is 0 Å². The highest BCUT2D eigenvalue weighted by Gasteiger charge is 2.27. The van der Waals surface area contributed by atoms with E-state index in [1.165, 1.54) is 22.9 Å². The van der Waals surface area contributed by atoms with Crippen LogP contribution in [0, 0.1) is 0 Å². The summed E-state index contributed by atoms with van der Waals surface area (Å²) in [6.07, 6.45) is 6.53. The first kappa shape index (κ1) is 12.5. The van der Waals surface area contributed by atoms with Crippen LogP contribution in [0.1, 0.15) is 19.4 Å². The van der Waals surface area contributed by atoms with E-state index >= 15 is 0 Å². The van der Waals surface area contributed by atoms with Crippen LogP contribution in [0.3, 0.4) is 0 Å². The summed E-state index contributed by atoms with van der Waals surface area (Å²) >= 11 is 0. The summed E-state index contributed by atoms with van der Waals surface area (Å²) in [5, 5.41) is 9.61. The molecular weight excluding hydrogens is 256 g/mol. The van der Waals surface area contributed by atoms with E-state index in [9.17, 15) is 9.90 Å². The van der Waals surface area contributed by atoms with Gasteiger partial charge in [0, 0.05) is 18.5 Å². The number of rotatable bonds is 1. The van der Waals surface area contributed by atoms with Gasteiger partial charge in [0.05, 0.1) is 17.5 Å². The molecule has 5 heteroatoms. The molecule has 2 aromatic heterocycles. The third kappa shape index (κ3) is 2.07. The predicted octanol–water partition coefficient (Wildman–Crippen LogP) is 2.01. The zero-order valence-corrected chi connectivity index (χ0v) is 11.2. The van der Waals surface area contributed by atoms with Crippen LogP contribution >= 0.6 is 0 Å². The molecule has 0 saturated heterocycles. The van der Waals surface area contributed by atoms with E-state index in [0.717, 1.165) is 5.56 Å². The molecule has 0 spiro atoms. The fourth-order valence-corrected chi connectivity index (χ4v) is 2.25. The minimum absolute atomic E-state index is 0.0280. The van der Waals surface area contributed by atoms with Gasteiger partial charge in [-0.25, -0.2) is 0 Å². The molecule has 102 valence electrons. The van der Waals surface area contributed by atoms with Crippen LogP contribution in [0.5, 0.6) is 11.5 Å². The molecule has 0 aliphatic carbocycles. The lowest BCUT2D eigenvalue weighted by molar-refractivity contribution is 0.157. The number of aromatic nitrogens is 2. The summed E-state index contributed by atoms with van der Waals surface area (Å²) in [4.78, 5) is 16.1. The lowest BCUT2D eigenvalue weighted by Gasteiger charge is -2.31. The Bertz CT molecular complexity index is 760. The Morgan fingerprint density at radius 1 is 1.30 bits per heavy atom. The van der Waals surface area contributed by atoms with E-state index in [4.69, 9.17) is 4.74 Å². The first-order valence-corrected chi connectivity index (χ1v) is 6.25. The zero-order valence-electron chi connectivity index (χ0n) is 11.2. The van der Waals surface area contributed by atoms with Gasteiger partial charge in [0.15, 0.2) is 0 Å². The van der Waals surface area contributed by atoms with Crippen molar-refractivity contribution in [1.82, 2.24) is 9.55 Å². The molecule has 20 heavy (non-hydrogen) atoms. The highest BCUT2D eigenvalue weighted by atomic mass is 16.5. The third-order valence-corrected chi connectivity index (χ3v) is 3.07. The number of pyridine rings is 2. The molecule has 2 aromatic rings. The van der Waals surface area contributed by atoms with Crippen LogP contribution in [0.2, 0.25) is 0 Å². The maximum atomic E-state index is 12.0. The van der Waals surface area contributed by atoms with E-state index < -0.39 is 5.60 Å². The second-order valence-corrected chi connectivity index (χ2v) is 5.20. The molecule has 1 aliphatic heterocycles. The van der Waals surface area contributed by atoms with Crippen molar-refractivity contribution >= 4 is 5.70 Å². The summed E-state index contributed by atoms with van der Waals surface area (Å²) in [6, 6.07) is 4.46. The minimum atomic E-state index is -0.547. The third-order valence-electron chi connectivity index (χ3n) is 3.07. The SMILES string of the molecule is CC1(C)C=C(n2cc(O)ccc2=O)c2cnccc2O1. The molecular formula is C15H14N2O3. The second kappa shape index (κ2) is 4.23. The van der Waals surface area contributed by atoms with E-state index in [1.807, 2.05) is 19.9 Å². The zero-order chi connectivity index (χ0) is 14.3. The second-order valence-electron chi connectivity index (χ2n) is 5.20. The van der Waals surface area contributed by atoms with E-state index in [2.05, 4.69) is 4.98 Å². The maximum absolute atomic E-state index is 12.0. The van der Waals surface area contributed by atoms with Crippen LogP contribution in [-0.4, -0.2) is 20.3 Å². The Kier molecular flexibility index (Phi) is 2.64. The van der Waals surface area contributed by atoms with Gasteiger partial charge in [-0.15, -0.1) is 0 Å². The van der Waals surface area contributed by atoms with Gasteiger partial charge in [0.25, 0.3) is 5.56 Å². The minimum Gasteiger partial charge on any atom is -0.506 e. The molecule has 5 nitrogen and oxygen atoms in total. The van der Waals surface area contributed by atoms with E-state index in [0.29, 0.717) is 11.4 Å². The van der Waals surface area contributed by atoms with Crippen molar-refractivity contribution in [2.45, 2.75) is 19.4 Å². The quantitative estimate of drug-likeness (QED) is 0.861. The Labute approximate surface area is 115 Å². The van der Waals surface area contributed by atoms with Crippen molar-refractivity contribution < 1.29 is 9.84 Å². The van der Waals surface area contributed by atoms with Crippen LogP contribution < -0.4 is 10.3 Å². The molecule has 0 fully saturated rings. The first-order valence-electron chi connectivity index (χ1n) is 6.25. The summed E-state index contributed by atoms with van der Waals surface area (Å²) in [6.45, 7) is 3.81. The molecule has 0 bridgehead atoms. The Morgan fingerprint density at radius 3 is 2.90 bits per heavy atom. The van der Waals surface area contributed by atoms with Gasteiger partial charge in [0.2, 0.25) is 0 Å². The number of hydrogen-bond acceptors (Lipinski definition) is 4. The largest absolute Gasteiger partial charge is 0.506 e. The Morgan fingerprint density at radius 2 is 2.10 bits per heavy atom. The molecule has 3 rings (SSSR count). The van der Waals surface area contributed by atoms with Crippen molar-refractivity contribution in [2.24, 2.45) is 0 Å². The van der Waals surface area contributed by atoms with Gasteiger partial charge in [0.1, 0.15) is 17.1 Å². The molecule has 0 amide bonds. The highest BCUT2D eigenvalue weighted by molar-refractivity contribution is 5.73. The lowest BCUT2D eigenvalue weighted by atomic mass is 10.0. The van der Waals surface area contributed by atoms with Crippen LogP contribution in [-0.2, 0) is 0 Å². The van der Waals surface area contributed by atoms with E-state index in [-0.39, 0.29) is 11.3 Å². The van der Waals surface area contributed by atoms with Crippen LogP contribution in [0.25, 0.3) is 5.70 Å². The first-order chi connectivity index (χ1) is 9.46. The summed E-state index contributed by atoms with van der Waals surface area (Å²) < 4.78 is 7.25. The fourth-order valence-electron chi connectivity index (χ4n) is 2.25. The van der Waals surface area contributed by atoms with Gasteiger partial charge in [-0.2, -0.15) is 0 Å². The molecule has 3 heterocycles. The predicted molar refractivity (Wildman–Crippen MR) is 74.7 cm³/mol. The standard InChI is InChI=1S/C15H14N2O3/c1-15(2)7-12(11-8-16-6-5-13(11)20-15)17-9-10(18)3-4-14(17)19/h3-9,18H,1-2H3. The number of nitrogens with zero attached hydrogens (tertiary/aromatic N) is 2. The van der Waals surface area contributed by atoms with Crippen molar-refractivity contribution in [2.75, 3.05) is 0 Å². The van der Waals surface area contributed by atoms with Crippen LogP contribution in [0.15, 0.2) is 47.7 Å². The number of aromatic hydroxyl groups is 1. The Balaban J connectivity index is 2.28. The average molecular weight is 270 g/mol. The highest BCUT2D eigenvalue weighted by Crippen LogP contribution is 2.35.